The van der Waals surface area contributed by atoms with Gasteiger partial charge in [0.2, 0.25) is 0 Å². The summed E-state index contributed by atoms with van der Waals surface area (Å²) < 4.78 is 10.9. The fourth-order valence-electron chi connectivity index (χ4n) is 1.49. The first kappa shape index (κ1) is 11.9. The van der Waals surface area contributed by atoms with E-state index in [2.05, 4.69) is 4.90 Å². The van der Waals surface area contributed by atoms with Crippen LogP contribution in [0.4, 0.5) is 0 Å². The van der Waals surface area contributed by atoms with Crippen LogP contribution in [0.1, 0.15) is 12.8 Å². The standard InChI is InChI=1S/C10H21NO3/c1-11(4-6-12)5-8-13-9-10-3-2-7-14-10/h10,12H,2-9H2,1H3. The van der Waals surface area contributed by atoms with Gasteiger partial charge >= 0.3 is 0 Å². The Bertz CT molecular complexity index is 137. The van der Waals surface area contributed by atoms with Crippen molar-refractivity contribution in [3.8, 4) is 0 Å². The van der Waals surface area contributed by atoms with Gasteiger partial charge in [-0.2, -0.15) is 0 Å². The molecule has 14 heavy (non-hydrogen) atoms. The molecule has 1 aliphatic heterocycles. The molecule has 0 bridgehead atoms. The maximum atomic E-state index is 8.66. The van der Waals surface area contributed by atoms with E-state index < -0.39 is 0 Å². The molecule has 1 atom stereocenters. The molecule has 84 valence electrons. The first-order chi connectivity index (χ1) is 6.83. The highest BCUT2D eigenvalue weighted by atomic mass is 16.5. The quantitative estimate of drug-likeness (QED) is 0.596. The largest absolute Gasteiger partial charge is 0.395 e. The van der Waals surface area contributed by atoms with E-state index >= 15 is 0 Å². The number of likely N-dealkylation sites (N-methyl/N-ethyl adjacent to an activating group) is 1. The summed E-state index contributed by atoms with van der Waals surface area (Å²) in [5.74, 6) is 0. The van der Waals surface area contributed by atoms with Gasteiger partial charge in [-0.25, -0.2) is 0 Å². The maximum absolute atomic E-state index is 8.66. The monoisotopic (exact) mass is 203 g/mol. The lowest BCUT2D eigenvalue weighted by Gasteiger charge is -2.16. The minimum Gasteiger partial charge on any atom is -0.395 e. The number of nitrogens with zero attached hydrogens (tertiary/aromatic N) is 1. The molecule has 0 radical (unpaired) electrons. The van der Waals surface area contributed by atoms with Crippen molar-refractivity contribution in [2.45, 2.75) is 18.9 Å². The highest BCUT2D eigenvalue weighted by molar-refractivity contribution is 4.63. The van der Waals surface area contributed by atoms with Crippen molar-refractivity contribution in [3.63, 3.8) is 0 Å². The lowest BCUT2D eigenvalue weighted by Crippen LogP contribution is -2.27. The van der Waals surface area contributed by atoms with Gasteiger partial charge in [0.25, 0.3) is 0 Å². The summed E-state index contributed by atoms with van der Waals surface area (Å²) >= 11 is 0. The molecule has 0 aromatic rings. The number of aliphatic hydroxyl groups excluding tert-OH is 1. The van der Waals surface area contributed by atoms with Gasteiger partial charge in [0.15, 0.2) is 0 Å². The average Bonchev–Trinajstić information content (AvgIpc) is 2.65. The molecule has 0 spiro atoms. The fraction of sp³-hybridized carbons (Fsp3) is 1.00. The molecule has 0 aromatic heterocycles. The molecule has 1 rings (SSSR count). The Labute approximate surface area is 85.8 Å². The van der Waals surface area contributed by atoms with Gasteiger partial charge in [0, 0.05) is 19.7 Å². The molecule has 1 aliphatic rings. The Morgan fingerprint density at radius 2 is 2.36 bits per heavy atom. The molecular formula is C10H21NO3. The van der Waals surface area contributed by atoms with E-state index in [1.54, 1.807) is 0 Å². The summed E-state index contributed by atoms with van der Waals surface area (Å²) in [5, 5.41) is 8.66. The van der Waals surface area contributed by atoms with Crippen LogP contribution >= 0.6 is 0 Å². The third-order valence-corrected chi connectivity index (χ3v) is 2.43. The van der Waals surface area contributed by atoms with Gasteiger partial charge in [0.05, 0.1) is 25.9 Å². The first-order valence-corrected chi connectivity index (χ1v) is 5.31. The second-order valence-corrected chi connectivity index (χ2v) is 3.74. The predicted molar refractivity (Wildman–Crippen MR) is 54.4 cm³/mol. The van der Waals surface area contributed by atoms with Gasteiger partial charge in [-0.15, -0.1) is 0 Å². The molecule has 0 aliphatic carbocycles. The van der Waals surface area contributed by atoms with E-state index in [0.717, 1.165) is 26.2 Å². The van der Waals surface area contributed by atoms with E-state index in [9.17, 15) is 0 Å². The summed E-state index contributed by atoms with van der Waals surface area (Å²) in [6, 6.07) is 0. The first-order valence-electron chi connectivity index (χ1n) is 5.31. The highest BCUT2D eigenvalue weighted by Crippen LogP contribution is 2.11. The Morgan fingerprint density at radius 1 is 1.50 bits per heavy atom. The van der Waals surface area contributed by atoms with E-state index in [4.69, 9.17) is 14.6 Å². The molecule has 4 heteroatoms. The van der Waals surface area contributed by atoms with Crippen molar-refractivity contribution < 1.29 is 14.6 Å². The zero-order valence-electron chi connectivity index (χ0n) is 8.95. The van der Waals surface area contributed by atoms with Crippen LogP contribution in [0.2, 0.25) is 0 Å². The summed E-state index contributed by atoms with van der Waals surface area (Å²) in [6.45, 7) is 4.11. The Morgan fingerprint density at radius 3 is 3.00 bits per heavy atom. The number of hydrogen-bond acceptors (Lipinski definition) is 4. The van der Waals surface area contributed by atoms with Crippen LogP contribution in [0.5, 0.6) is 0 Å². The van der Waals surface area contributed by atoms with Gasteiger partial charge in [-0.3, -0.25) is 0 Å². The summed E-state index contributed by atoms with van der Waals surface area (Å²) in [4.78, 5) is 2.05. The molecule has 0 aromatic carbocycles. The third kappa shape index (κ3) is 4.91. The lowest BCUT2D eigenvalue weighted by atomic mass is 10.2. The predicted octanol–water partition coefficient (Wildman–Crippen LogP) is 0.106. The Hall–Kier alpha value is -0.160. The van der Waals surface area contributed by atoms with E-state index in [1.165, 1.54) is 6.42 Å². The zero-order valence-corrected chi connectivity index (χ0v) is 8.95. The van der Waals surface area contributed by atoms with Gasteiger partial charge in [-0.05, 0) is 19.9 Å². The van der Waals surface area contributed by atoms with Crippen LogP contribution < -0.4 is 0 Å². The SMILES string of the molecule is CN(CCO)CCOCC1CCCO1. The average molecular weight is 203 g/mol. The zero-order chi connectivity index (χ0) is 10.2. The lowest BCUT2D eigenvalue weighted by molar-refractivity contribution is 0.0113. The molecule has 0 amide bonds. The van der Waals surface area contributed by atoms with E-state index in [1.807, 2.05) is 7.05 Å². The number of rotatable bonds is 7. The molecule has 1 N–H and O–H groups in total. The van der Waals surface area contributed by atoms with Crippen molar-refractivity contribution in [1.29, 1.82) is 0 Å². The second-order valence-electron chi connectivity index (χ2n) is 3.74. The normalized spacial score (nSPS) is 22.1. The van der Waals surface area contributed by atoms with Crippen LogP contribution in [0, 0.1) is 0 Å². The van der Waals surface area contributed by atoms with E-state index in [0.29, 0.717) is 19.3 Å². The van der Waals surface area contributed by atoms with Crippen LogP contribution in [0.3, 0.4) is 0 Å². The second kappa shape index (κ2) is 7.17. The van der Waals surface area contributed by atoms with Crippen molar-refractivity contribution in [3.05, 3.63) is 0 Å². The number of hydrogen-bond donors (Lipinski definition) is 1. The Kier molecular flexibility index (Phi) is 6.10. The molecule has 1 unspecified atom stereocenters. The maximum Gasteiger partial charge on any atom is 0.0809 e. The number of ether oxygens (including phenoxy) is 2. The number of aliphatic hydroxyl groups is 1. The highest BCUT2D eigenvalue weighted by Gasteiger charge is 2.14. The van der Waals surface area contributed by atoms with Crippen molar-refractivity contribution >= 4 is 0 Å². The summed E-state index contributed by atoms with van der Waals surface area (Å²) in [7, 11) is 1.98. The summed E-state index contributed by atoms with van der Waals surface area (Å²) in [6.07, 6.45) is 2.61. The Balaban J connectivity index is 1.88. The van der Waals surface area contributed by atoms with Gasteiger partial charge < -0.3 is 19.5 Å². The molecule has 1 saturated heterocycles. The third-order valence-electron chi connectivity index (χ3n) is 2.43. The van der Waals surface area contributed by atoms with Gasteiger partial charge in [0.1, 0.15) is 0 Å². The van der Waals surface area contributed by atoms with Crippen LogP contribution in [-0.4, -0.2) is 62.7 Å². The molecule has 1 fully saturated rings. The van der Waals surface area contributed by atoms with E-state index in [-0.39, 0.29) is 6.61 Å². The van der Waals surface area contributed by atoms with Crippen molar-refractivity contribution in [2.24, 2.45) is 0 Å². The topological polar surface area (TPSA) is 41.9 Å². The minimum atomic E-state index is 0.211. The smallest absolute Gasteiger partial charge is 0.0809 e. The van der Waals surface area contributed by atoms with Crippen LogP contribution in [0.25, 0.3) is 0 Å². The molecule has 4 nitrogen and oxygen atoms in total. The molecule has 0 saturated carbocycles. The van der Waals surface area contributed by atoms with Crippen molar-refractivity contribution in [2.75, 3.05) is 46.6 Å². The van der Waals surface area contributed by atoms with Crippen LogP contribution in [-0.2, 0) is 9.47 Å². The molecule has 1 heterocycles. The van der Waals surface area contributed by atoms with Gasteiger partial charge in [-0.1, -0.05) is 0 Å². The summed E-state index contributed by atoms with van der Waals surface area (Å²) in [5.41, 5.74) is 0. The van der Waals surface area contributed by atoms with Crippen molar-refractivity contribution in [1.82, 2.24) is 4.90 Å². The fourth-order valence-corrected chi connectivity index (χ4v) is 1.49. The van der Waals surface area contributed by atoms with Crippen LogP contribution in [0.15, 0.2) is 0 Å². The minimum absolute atomic E-state index is 0.211. The molecular weight excluding hydrogens is 182 g/mol.